The highest BCUT2D eigenvalue weighted by atomic mass is 35.5. The average molecular weight is 2110 g/mol. The molecule has 1 fully saturated rings. The number of hydrogen-bond acceptors (Lipinski definition) is 24. The Hall–Kier alpha value is -13.3. The number of nitrogens with two attached hydrogens (primary N) is 7. The predicted octanol–water partition coefficient (Wildman–Crippen LogP) is 18.2. The van der Waals surface area contributed by atoms with E-state index in [0.29, 0.717) is 122 Å². The smallest absolute Gasteiger partial charge is 0.282 e. The Bertz CT molecular complexity index is 6810. The summed E-state index contributed by atoms with van der Waals surface area (Å²) in [6.45, 7) is 13.4. The molecule has 756 valence electrons. The molecule has 32 nitrogen and oxygen atoms in total. The van der Waals surface area contributed by atoms with Gasteiger partial charge in [0.05, 0.1) is 50.5 Å². The summed E-state index contributed by atoms with van der Waals surface area (Å²) in [7, 11) is 0. The van der Waals surface area contributed by atoms with Crippen LogP contribution in [-0.2, 0) is 125 Å². The first-order valence-electron chi connectivity index (χ1n) is 47.3. The third-order valence-corrected chi connectivity index (χ3v) is 33.5. The zero-order chi connectivity index (χ0) is 104. The number of aryl methyl sites for hydroxylation is 7. The zero-order valence-corrected chi connectivity index (χ0v) is 86.6. The number of primary amides is 7. The van der Waals surface area contributed by atoms with Crippen molar-refractivity contribution in [3.8, 4) is 0 Å². The third kappa shape index (κ3) is 26.8. The standard InChI is InChI=1S/C18H18N2O2S.C17H18N2O3S.C15H13ClN2O2S.C15H13N3O4S.2C13H18N2O2S.C13H16N2O2S/c19-16(21)15-11-7-4-8-14(11)23-18(15)20-17(22)13-9-12(13)10-5-2-1-3-6-10;18-16(21)15-12-7-4-8-13(12)23-17(15)19-14(20)10-22-9-11-5-2-1-3-6-11;16-9-4-1-3-8(7-9)14(20)18-15-12(13(17)19)10-5-2-6-11(10)21-15;16-13(19)12-9-5-3-7-11(9)23-15(12)17-14(20)8-4-1-2-6-10(8)18(21)22;1-13(2,3)12(17)15-11-9(10(14)16)7-5-4-6-8(7)18-11;1-7(2)6-10(16)15-13-11(12(14)17)8-4-3-5-9(8)18-13;1-2-3-7-10(16)15-13-11(12(14)17)8-5-4-6-9(8)18-13/h1-3,5-6,12-13H,4,7-9H2,(H2,19,21)(H,20,22);1-3,5-6H,4,7-10H2,(H2,18,21)(H,19,20);1,3-4,7H,2,5-6H2,(H2,17,19)(H,18,20);1-2,4,6H,3,5,7H2,(H2,16,19)(H,17,20);4-6H2,1-3H3,(H2,14,16)(H,15,17);7H,3-6H2,1-2H3,(H2,14,17)(H,15,16);2H,1,3-7H2,(H2,14,17)(H,15,16). The monoisotopic (exact) mass is 2100 g/mol. The number of fused-ring (bicyclic) bond motifs is 7. The highest BCUT2D eigenvalue weighted by Gasteiger charge is 2.45. The molecule has 7 heterocycles. The predicted molar refractivity (Wildman–Crippen MR) is 569 cm³/mol. The number of carbonyl (C=O) groups is 14. The van der Waals surface area contributed by atoms with E-state index in [9.17, 15) is 77.2 Å². The molecule has 0 radical (unpaired) electrons. The second-order valence-corrected chi connectivity index (χ2v) is 44.9. The number of carbonyl (C=O) groups excluding carboxylic acids is 14. The van der Waals surface area contributed by atoms with E-state index in [1.54, 1.807) is 36.4 Å². The lowest BCUT2D eigenvalue weighted by molar-refractivity contribution is -0.385. The summed E-state index contributed by atoms with van der Waals surface area (Å²) in [6, 6.07) is 32.1. The van der Waals surface area contributed by atoms with E-state index in [1.165, 1.54) is 123 Å². The summed E-state index contributed by atoms with van der Waals surface area (Å²) >= 11 is 16.1. The van der Waals surface area contributed by atoms with Crippen LogP contribution in [0.5, 0.6) is 0 Å². The highest BCUT2D eigenvalue weighted by Crippen LogP contribution is 2.50. The summed E-state index contributed by atoms with van der Waals surface area (Å²) in [5.41, 5.74) is 50.4. The average Bonchev–Trinajstić information content (AvgIpc) is 1.61. The maximum Gasteiger partial charge on any atom is 0.282 e. The summed E-state index contributed by atoms with van der Waals surface area (Å²) in [5.74, 6) is -4.18. The van der Waals surface area contributed by atoms with Gasteiger partial charge in [0, 0.05) is 75.0 Å². The van der Waals surface area contributed by atoms with E-state index in [2.05, 4.69) is 55.9 Å². The van der Waals surface area contributed by atoms with Crippen LogP contribution in [0, 0.1) is 27.4 Å². The first kappa shape index (κ1) is 108. The minimum Gasteiger partial charge on any atom is -0.367 e. The van der Waals surface area contributed by atoms with Crippen molar-refractivity contribution in [1.29, 1.82) is 0 Å². The number of benzene rings is 4. The third-order valence-electron chi connectivity index (χ3n) is 24.8. The van der Waals surface area contributed by atoms with Gasteiger partial charge >= 0.3 is 0 Å². The molecule has 7 aromatic heterocycles. The van der Waals surface area contributed by atoms with E-state index in [-0.39, 0.29) is 59.2 Å². The molecular formula is C104H114ClN15O17S7. The molecule has 4 aromatic carbocycles. The van der Waals surface area contributed by atoms with Gasteiger partial charge in [0.2, 0.25) is 23.6 Å². The number of para-hydroxylation sites is 1. The van der Waals surface area contributed by atoms with Gasteiger partial charge in [-0.15, -0.1) is 85.9 Å². The molecule has 2 unspecified atom stereocenters. The summed E-state index contributed by atoms with van der Waals surface area (Å²) in [6.07, 6.45) is 24.0. The fraction of sp³-hybridized carbons (Fsp3) is 0.346. The molecule has 0 saturated heterocycles. The minimum absolute atomic E-state index is 0.00118. The van der Waals surface area contributed by atoms with Crippen molar-refractivity contribution in [1.82, 2.24) is 0 Å². The number of halogens is 1. The number of hydrogen-bond donors (Lipinski definition) is 14. The zero-order valence-electron chi connectivity index (χ0n) is 80.2. The van der Waals surface area contributed by atoms with Gasteiger partial charge in [-0.1, -0.05) is 131 Å². The van der Waals surface area contributed by atoms with Gasteiger partial charge < -0.3 is 82.1 Å². The fourth-order valence-electron chi connectivity index (χ4n) is 18.1. The number of ether oxygens (including phenoxy) is 1. The van der Waals surface area contributed by atoms with Gasteiger partial charge in [-0.2, -0.15) is 0 Å². The van der Waals surface area contributed by atoms with Crippen LogP contribution in [0.1, 0.15) is 289 Å². The first-order valence-corrected chi connectivity index (χ1v) is 53.4. The van der Waals surface area contributed by atoms with Crippen LogP contribution < -0.4 is 77.4 Å². The number of anilines is 7. The van der Waals surface area contributed by atoms with Crippen LogP contribution in [0.25, 0.3) is 0 Å². The van der Waals surface area contributed by atoms with Crippen molar-refractivity contribution < 1.29 is 76.8 Å². The van der Waals surface area contributed by atoms with Gasteiger partial charge in [0.1, 0.15) is 47.2 Å². The Labute approximate surface area is 864 Å². The second-order valence-electron chi connectivity index (χ2n) is 36.8. The second kappa shape index (κ2) is 48.9. The van der Waals surface area contributed by atoms with Crippen molar-refractivity contribution in [2.75, 3.05) is 43.8 Å². The van der Waals surface area contributed by atoms with Crippen LogP contribution in [0.3, 0.4) is 0 Å². The van der Waals surface area contributed by atoms with Crippen molar-refractivity contribution >= 4 is 214 Å². The molecule has 19 rings (SSSR count). The molecule has 144 heavy (non-hydrogen) atoms. The van der Waals surface area contributed by atoms with Crippen molar-refractivity contribution in [2.45, 2.75) is 208 Å². The van der Waals surface area contributed by atoms with Crippen molar-refractivity contribution in [3.05, 3.63) is 271 Å². The van der Waals surface area contributed by atoms with Crippen LogP contribution in [-0.4, -0.2) is 94.2 Å². The van der Waals surface area contributed by atoms with E-state index < -0.39 is 57.6 Å². The van der Waals surface area contributed by atoms with Crippen LogP contribution in [0.4, 0.5) is 40.7 Å². The highest BCUT2D eigenvalue weighted by molar-refractivity contribution is 7.19. The van der Waals surface area contributed by atoms with Gasteiger partial charge in [0.15, 0.2) is 0 Å². The van der Waals surface area contributed by atoms with E-state index in [4.69, 9.17) is 56.5 Å². The Morgan fingerprint density at radius 2 is 0.771 bits per heavy atom. The maximum atomic E-state index is 12.5. The van der Waals surface area contributed by atoms with Crippen molar-refractivity contribution in [2.24, 2.45) is 57.4 Å². The quantitative estimate of drug-likeness (QED) is 0.0123. The summed E-state index contributed by atoms with van der Waals surface area (Å²) in [4.78, 5) is 184. The largest absolute Gasteiger partial charge is 0.367 e. The minimum atomic E-state index is -0.625. The van der Waals surface area contributed by atoms with Gasteiger partial charge in [-0.3, -0.25) is 77.2 Å². The number of thiophene rings is 7. The number of nitro benzene ring substituents is 1. The summed E-state index contributed by atoms with van der Waals surface area (Å²) in [5, 5.41) is 35.1. The molecular weight excluding hydrogens is 1990 g/mol. The Morgan fingerprint density at radius 3 is 1.13 bits per heavy atom. The van der Waals surface area contributed by atoms with Gasteiger partial charge in [0.25, 0.3) is 64.8 Å². The van der Waals surface area contributed by atoms with Gasteiger partial charge in [-0.05, 0) is 234 Å². The Morgan fingerprint density at radius 1 is 0.431 bits per heavy atom. The normalized spacial score (nSPS) is 14.6. The number of rotatable bonds is 28. The molecule has 14 amide bonds. The molecule has 0 aliphatic heterocycles. The molecule has 40 heteroatoms. The maximum absolute atomic E-state index is 12.5. The number of allylic oxidation sites excluding steroid dienone is 1. The van der Waals surface area contributed by atoms with E-state index >= 15 is 0 Å². The van der Waals surface area contributed by atoms with Crippen LogP contribution >= 0.6 is 91.0 Å². The number of nitrogens with zero attached hydrogens (tertiary/aromatic N) is 1. The molecule has 2 atom stereocenters. The molecule has 8 aliphatic rings. The molecule has 8 aliphatic carbocycles. The summed E-state index contributed by atoms with van der Waals surface area (Å²) < 4.78 is 5.41. The van der Waals surface area contributed by atoms with E-state index in [0.717, 1.165) is 200 Å². The topological polar surface area (TPSA) is 558 Å². The van der Waals surface area contributed by atoms with Crippen LogP contribution in [0.15, 0.2) is 122 Å². The number of nitro groups is 1. The Balaban J connectivity index is 0.000000141. The molecule has 21 N–H and O–H groups in total. The van der Waals surface area contributed by atoms with E-state index in [1.807, 2.05) is 83.1 Å². The fourth-order valence-corrected chi connectivity index (χ4v) is 27.4. The molecule has 11 aromatic rings. The van der Waals surface area contributed by atoms with Crippen LogP contribution in [0.2, 0.25) is 5.02 Å². The number of nitrogens with one attached hydrogen (secondary N) is 7. The van der Waals surface area contributed by atoms with Crippen molar-refractivity contribution in [3.63, 3.8) is 0 Å². The lowest BCUT2D eigenvalue weighted by Crippen LogP contribution is -2.28. The SMILES string of the molecule is C=CCCC(=O)Nc1sc2c(c1C(N)=O)CCC2.CC(C)(C)C(=O)Nc1sc2c(c1C(N)=O)CCC2.CC(C)CC(=O)Nc1sc2c(c1C(N)=O)CCC2.NC(=O)c1c(NC(=O)C2CC2c2ccccc2)sc2c1CCC2.NC(=O)c1c(NC(=O)COCc2ccccc2)sc2c1CCC2.NC(=O)c1c(NC(=O)c2cccc(Cl)c2)sc2c1CCC2.NC(=O)c1c(NC(=O)c2ccccc2[N+](=O)[O-])sc2c1CCC2. The van der Waals surface area contributed by atoms with Gasteiger partial charge in [-0.25, -0.2) is 0 Å². The Kier molecular flexibility index (Phi) is 36.7. The lowest BCUT2D eigenvalue weighted by atomic mass is 9.96. The molecule has 0 spiro atoms. The lowest BCUT2D eigenvalue weighted by Gasteiger charge is -2.17. The molecule has 0 bridgehead atoms. The first-order chi connectivity index (χ1) is 68.8. The number of amides is 14. The molecule has 1 saturated carbocycles.